The van der Waals surface area contributed by atoms with E-state index >= 15 is 0 Å². The van der Waals surface area contributed by atoms with Gasteiger partial charge in [-0.25, -0.2) is 9.97 Å². The minimum atomic E-state index is -0.179. The van der Waals surface area contributed by atoms with E-state index in [9.17, 15) is 4.79 Å². The molecule has 0 unspecified atom stereocenters. The van der Waals surface area contributed by atoms with Crippen LogP contribution in [0.15, 0.2) is 103 Å². The molecular formula is C25H21N3O. The maximum Gasteiger partial charge on any atom is 0.254 e. The first-order valence-electron chi connectivity index (χ1n) is 9.57. The average molecular weight is 379 g/mol. The maximum absolute atomic E-state index is 12.7. The van der Waals surface area contributed by atoms with Gasteiger partial charge in [0, 0.05) is 30.4 Å². The van der Waals surface area contributed by atoms with Gasteiger partial charge in [0.15, 0.2) is 5.82 Å². The summed E-state index contributed by atoms with van der Waals surface area (Å²) in [5.74, 6) is 0.501. The van der Waals surface area contributed by atoms with E-state index in [-0.39, 0.29) is 11.8 Å². The molecule has 0 aliphatic carbocycles. The van der Waals surface area contributed by atoms with Crippen molar-refractivity contribution in [2.75, 3.05) is 6.54 Å². The lowest BCUT2D eigenvalue weighted by Crippen LogP contribution is -2.29. The Morgan fingerprint density at radius 2 is 1.21 bits per heavy atom. The zero-order chi connectivity index (χ0) is 19.9. The summed E-state index contributed by atoms with van der Waals surface area (Å²) in [5, 5.41) is 3.04. The Morgan fingerprint density at radius 1 is 0.724 bits per heavy atom. The number of nitrogens with one attached hydrogen (secondary N) is 1. The number of hydrogen-bond acceptors (Lipinski definition) is 3. The van der Waals surface area contributed by atoms with E-state index in [2.05, 4.69) is 39.6 Å². The van der Waals surface area contributed by atoms with Gasteiger partial charge >= 0.3 is 0 Å². The van der Waals surface area contributed by atoms with Gasteiger partial charge in [-0.15, -0.1) is 0 Å². The summed E-state index contributed by atoms with van der Waals surface area (Å²) >= 11 is 0. The summed E-state index contributed by atoms with van der Waals surface area (Å²) < 4.78 is 0. The van der Waals surface area contributed by atoms with Gasteiger partial charge in [0.2, 0.25) is 0 Å². The number of benzene rings is 3. The minimum Gasteiger partial charge on any atom is -0.351 e. The van der Waals surface area contributed by atoms with Crippen LogP contribution in [0.5, 0.6) is 0 Å². The van der Waals surface area contributed by atoms with Crippen LogP contribution >= 0.6 is 0 Å². The maximum atomic E-state index is 12.7. The molecule has 0 atom stereocenters. The van der Waals surface area contributed by atoms with Crippen LogP contribution in [-0.2, 0) is 0 Å². The van der Waals surface area contributed by atoms with Crippen LogP contribution < -0.4 is 5.32 Å². The van der Waals surface area contributed by atoms with Crippen molar-refractivity contribution in [2.24, 2.45) is 0 Å². The van der Waals surface area contributed by atoms with Crippen LogP contribution in [0.3, 0.4) is 0 Å². The largest absolute Gasteiger partial charge is 0.351 e. The second kappa shape index (κ2) is 8.93. The highest BCUT2D eigenvalue weighted by atomic mass is 16.1. The van der Waals surface area contributed by atoms with Crippen LogP contribution in [0, 0.1) is 0 Å². The lowest BCUT2D eigenvalue weighted by molar-refractivity contribution is 0.0951. The summed E-state index contributed by atoms with van der Waals surface area (Å²) in [7, 11) is 0. The number of amides is 1. The molecule has 0 bridgehead atoms. The molecule has 0 spiro atoms. The van der Waals surface area contributed by atoms with E-state index in [1.165, 1.54) is 0 Å². The van der Waals surface area contributed by atoms with Crippen molar-refractivity contribution in [3.63, 3.8) is 0 Å². The van der Waals surface area contributed by atoms with E-state index in [4.69, 9.17) is 0 Å². The molecule has 0 radical (unpaired) electrons. The molecule has 29 heavy (non-hydrogen) atoms. The lowest BCUT2D eigenvalue weighted by Gasteiger charge is -2.19. The van der Waals surface area contributed by atoms with Gasteiger partial charge in [-0.05, 0) is 11.1 Å². The molecule has 4 rings (SSSR count). The molecule has 0 aliphatic heterocycles. The second-order valence-electron chi connectivity index (χ2n) is 6.75. The van der Waals surface area contributed by atoms with Crippen LogP contribution in [0.25, 0.3) is 11.4 Å². The van der Waals surface area contributed by atoms with Crippen molar-refractivity contribution in [2.45, 2.75) is 5.92 Å². The van der Waals surface area contributed by atoms with E-state index in [1.807, 2.05) is 66.7 Å². The molecule has 142 valence electrons. The molecular weight excluding hydrogens is 358 g/mol. The first-order chi connectivity index (χ1) is 14.3. The smallest absolute Gasteiger partial charge is 0.254 e. The van der Waals surface area contributed by atoms with Crippen molar-refractivity contribution >= 4 is 5.91 Å². The van der Waals surface area contributed by atoms with Crippen LogP contribution in [0.1, 0.15) is 27.4 Å². The minimum absolute atomic E-state index is 0.0749. The highest BCUT2D eigenvalue weighted by Gasteiger charge is 2.16. The quantitative estimate of drug-likeness (QED) is 0.528. The van der Waals surface area contributed by atoms with Crippen LogP contribution in [-0.4, -0.2) is 22.4 Å². The third-order valence-corrected chi connectivity index (χ3v) is 4.82. The lowest BCUT2D eigenvalue weighted by atomic mass is 9.91. The van der Waals surface area contributed by atoms with Crippen molar-refractivity contribution in [1.29, 1.82) is 0 Å². The summed E-state index contributed by atoms with van der Waals surface area (Å²) in [4.78, 5) is 21.4. The molecule has 0 saturated heterocycles. The molecule has 0 fully saturated rings. The first-order valence-corrected chi connectivity index (χ1v) is 9.57. The van der Waals surface area contributed by atoms with Crippen molar-refractivity contribution in [3.05, 3.63) is 120 Å². The number of nitrogens with zero attached hydrogens (tertiary/aromatic N) is 2. The van der Waals surface area contributed by atoms with E-state index in [1.54, 1.807) is 12.4 Å². The number of rotatable bonds is 6. The fourth-order valence-electron chi connectivity index (χ4n) is 3.28. The molecule has 4 heteroatoms. The van der Waals surface area contributed by atoms with Gasteiger partial charge < -0.3 is 5.32 Å². The Morgan fingerprint density at radius 3 is 1.72 bits per heavy atom. The van der Waals surface area contributed by atoms with Crippen molar-refractivity contribution in [1.82, 2.24) is 15.3 Å². The summed E-state index contributed by atoms with van der Waals surface area (Å²) in [6.45, 7) is 0.493. The van der Waals surface area contributed by atoms with Gasteiger partial charge in [-0.3, -0.25) is 4.79 Å². The highest BCUT2D eigenvalue weighted by molar-refractivity contribution is 5.93. The normalized spacial score (nSPS) is 10.7. The van der Waals surface area contributed by atoms with Gasteiger partial charge in [0.05, 0.1) is 5.56 Å². The Kier molecular flexibility index (Phi) is 5.72. The third kappa shape index (κ3) is 4.55. The Balaban J connectivity index is 1.48. The molecule has 4 nitrogen and oxygen atoms in total. The van der Waals surface area contributed by atoms with Gasteiger partial charge in [0.1, 0.15) is 0 Å². The zero-order valence-electron chi connectivity index (χ0n) is 15.9. The van der Waals surface area contributed by atoms with Gasteiger partial charge in [-0.2, -0.15) is 0 Å². The Labute approximate surface area is 170 Å². The summed E-state index contributed by atoms with van der Waals surface area (Å²) in [6.07, 6.45) is 3.15. The molecule has 0 saturated carbocycles. The van der Waals surface area contributed by atoms with Gasteiger partial charge in [0.25, 0.3) is 5.91 Å². The average Bonchev–Trinajstić information content (AvgIpc) is 2.81. The third-order valence-electron chi connectivity index (χ3n) is 4.82. The van der Waals surface area contributed by atoms with E-state index in [0.717, 1.165) is 16.7 Å². The Bertz CT molecular complexity index is 1010. The number of aromatic nitrogens is 2. The molecule has 0 aliphatic rings. The molecule has 1 aromatic heterocycles. The predicted octanol–water partition coefficient (Wildman–Crippen LogP) is 4.71. The predicted molar refractivity (Wildman–Crippen MR) is 115 cm³/mol. The Hall–Kier alpha value is -3.79. The van der Waals surface area contributed by atoms with Crippen LogP contribution in [0.4, 0.5) is 0 Å². The number of hydrogen-bond donors (Lipinski definition) is 1. The molecule has 1 amide bonds. The van der Waals surface area contributed by atoms with E-state index < -0.39 is 0 Å². The zero-order valence-corrected chi connectivity index (χ0v) is 15.9. The highest BCUT2D eigenvalue weighted by Crippen LogP contribution is 2.23. The second-order valence-corrected chi connectivity index (χ2v) is 6.75. The summed E-state index contributed by atoms with van der Waals surface area (Å²) in [5.41, 5.74) is 3.70. The standard InChI is InChI=1S/C25H21N3O/c29-25(22-16-26-24(27-17-22)21-14-8-3-9-15-21)28-18-23(19-10-4-1-5-11-19)20-12-6-2-7-13-20/h1-17,23H,18H2,(H,28,29). The molecule has 3 aromatic carbocycles. The van der Waals surface area contributed by atoms with E-state index in [0.29, 0.717) is 17.9 Å². The topological polar surface area (TPSA) is 54.9 Å². The van der Waals surface area contributed by atoms with Crippen LogP contribution in [0.2, 0.25) is 0 Å². The van der Waals surface area contributed by atoms with Gasteiger partial charge in [-0.1, -0.05) is 91.0 Å². The molecule has 4 aromatic rings. The fourth-order valence-corrected chi connectivity index (χ4v) is 3.28. The number of carbonyl (C=O) groups excluding carboxylic acids is 1. The first kappa shape index (κ1) is 18.6. The molecule has 1 heterocycles. The SMILES string of the molecule is O=C(NCC(c1ccccc1)c1ccccc1)c1cnc(-c2ccccc2)nc1. The fraction of sp³-hybridized carbons (Fsp3) is 0.0800. The monoisotopic (exact) mass is 379 g/mol. The number of carbonyl (C=O) groups is 1. The molecule has 1 N–H and O–H groups in total. The van der Waals surface area contributed by atoms with Crippen molar-refractivity contribution in [3.8, 4) is 11.4 Å². The summed E-state index contributed by atoms with van der Waals surface area (Å²) in [6, 6.07) is 30.1. The van der Waals surface area contributed by atoms with Crippen molar-refractivity contribution < 1.29 is 4.79 Å².